The zero-order valence-corrected chi connectivity index (χ0v) is 8.68. The van der Waals surface area contributed by atoms with Gasteiger partial charge in [-0.15, -0.1) is 11.3 Å². The van der Waals surface area contributed by atoms with Crippen molar-refractivity contribution in [2.75, 3.05) is 0 Å². The number of rotatable bonds is 2. The molecule has 16 heavy (non-hydrogen) atoms. The first-order valence-electron chi connectivity index (χ1n) is 4.18. The molecule has 1 aromatic carbocycles. The lowest BCUT2D eigenvalue weighted by molar-refractivity contribution is 0.0990. The number of carbonyl (C=O) groups is 2. The number of primary amides is 2. The van der Waals surface area contributed by atoms with Crippen LogP contribution in [0.3, 0.4) is 0 Å². The fourth-order valence-corrected chi connectivity index (χ4v) is 2.16. The Labute approximate surface area is 92.9 Å². The van der Waals surface area contributed by atoms with E-state index in [1.807, 2.05) is 0 Å². The van der Waals surface area contributed by atoms with Gasteiger partial charge in [-0.3, -0.25) is 9.59 Å². The van der Waals surface area contributed by atoms with Crippen LogP contribution < -0.4 is 11.5 Å². The summed E-state index contributed by atoms with van der Waals surface area (Å²) in [5, 5.41) is 0.0168. The Morgan fingerprint density at radius 3 is 2.50 bits per heavy atom. The summed E-state index contributed by atoms with van der Waals surface area (Å²) in [5.74, 6) is -2.14. The molecule has 5 nitrogen and oxygen atoms in total. The van der Waals surface area contributed by atoms with Gasteiger partial charge in [0, 0.05) is 0 Å². The second kappa shape index (κ2) is 3.53. The Kier molecular flexibility index (Phi) is 2.31. The van der Waals surface area contributed by atoms with Crippen LogP contribution in [0.15, 0.2) is 12.1 Å². The summed E-state index contributed by atoms with van der Waals surface area (Å²) in [4.78, 5) is 25.8. The normalized spacial score (nSPS) is 10.6. The van der Waals surface area contributed by atoms with Crippen molar-refractivity contribution in [1.29, 1.82) is 0 Å². The number of hydrogen-bond donors (Lipinski definition) is 2. The molecule has 1 heterocycles. The van der Waals surface area contributed by atoms with Crippen LogP contribution in [-0.2, 0) is 0 Å². The fourth-order valence-electron chi connectivity index (χ4n) is 1.29. The summed E-state index contributed by atoms with van der Waals surface area (Å²) in [6, 6.07) is 2.15. The van der Waals surface area contributed by atoms with Crippen LogP contribution >= 0.6 is 11.3 Å². The van der Waals surface area contributed by atoms with Gasteiger partial charge in [0.15, 0.2) is 5.01 Å². The van der Waals surface area contributed by atoms with E-state index in [9.17, 15) is 14.0 Å². The molecule has 0 aliphatic heterocycles. The molecule has 0 saturated carbocycles. The maximum absolute atomic E-state index is 13.1. The molecule has 0 unspecified atom stereocenters. The standard InChI is InChI=1S/C9H6FN3O2S/c10-3-1-4(7(11)14)6-5(2-3)16-9(13-6)8(12)15/h1-2H,(H2,11,14)(H2,12,15). The minimum absolute atomic E-state index is 0.0168. The maximum atomic E-state index is 13.1. The van der Waals surface area contributed by atoms with Crippen LogP contribution in [0.4, 0.5) is 4.39 Å². The lowest BCUT2D eigenvalue weighted by Gasteiger charge is -1.96. The Morgan fingerprint density at radius 1 is 1.25 bits per heavy atom. The van der Waals surface area contributed by atoms with Gasteiger partial charge < -0.3 is 11.5 Å². The highest BCUT2D eigenvalue weighted by molar-refractivity contribution is 7.20. The molecule has 0 atom stereocenters. The van der Waals surface area contributed by atoms with Gasteiger partial charge in [0.2, 0.25) is 0 Å². The van der Waals surface area contributed by atoms with Crippen LogP contribution in [-0.4, -0.2) is 16.8 Å². The molecule has 0 radical (unpaired) electrons. The Bertz CT molecular complexity index is 608. The van der Waals surface area contributed by atoms with Crippen molar-refractivity contribution in [2.24, 2.45) is 11.5 Å². The van der Waals surface area contributed by atoms with Crippen LogP contribution in [0.2, 0.25) is 0 Å². The van der Waals surface area contributed by atoms with Crippen molar-refractivity contribution in [3.63, 3.8) is 0 Å². The van der Waals surface area contributed by atoms with Gasteiger partial charge in [-0.1, -0.05) is 0 Å². The van der Waals surface area contributed by atoms with E-state index in [1.54, 1.807) is 0 Å². The summed E-state index contributed by atoms with van der Waals surface area (Å²) < 4.78 is 13.5. The fraction of sp³-hybridized carbons (Fsp3) is 0. The predicted octanol–water partition coefficient (Wildman–Crippen LogP) is 0.633. The highest BCUT2D eigenvalue weighted by atomic mass is 32.1. The summed E-state index contributed by atoms with van der Waals surface area (Å²) >= 11 is 0.918. The number of nitrogens with two attached hydrogens (primary N) is 2. The first kappa shape index (κ1) is 10.5. The first-order valence-corrected chi connectivity index (χ1v) is 5.00. The maximum Gasteiger partial charge on any atom is 0.277 e. The highest BCUT2D eigenvalue weighted by Crippen LogP contribution is 2.25. The number of halogens is 1. The van der Waals surface area contributed by atoms with E-state index in [2.05, 4.69) is 4.98 Å². The van der Waals surface area contributed by atoms with Crippen molar-refractivity contribution in [3.8, 4) is 0 Å². The molecule has 7 heteroatoms. The zero-order valence-electron chi connectivity index (χ0n) is 7.86. The molecule has 2 aromatic rings. The highest BCUT2D eigenvalue weighted by Gasteiger charge is 2.16. The summed E-state index contributed by atoms with van der Waals surface area (Å²) in [7, 11) is 0. The number of fused-ring (bicyclic) bond motifs is 1. The number of nitrogens with zero attached hydrogens (tertiary/aromatic N) is 1. The molecule has 2 amide bonds. The second-order valence-electron chi connectivity index (χ2n) is 3.05. The average molecular weight is 239 g/mol. The predicted molar refractivity (Wildman–Crippen MR) is 56.6 cm³/mol. The molecular weight excluding hydrogens is 233 g/mol. The smallest absolute Gasteiger partial charge is 0.277 e. The summed E-state index contributed by atoms with van der Waals surface area (Å²) in [6.45, 7) is 0. The van der Waals surface area contributed by atoms with Crippen LogP contribution in [0.5, 0.6) is 0 Å². The van der Waals surface area contributed by atoms with Crippen molar-refractivity contribution >= 4 is 33.4 Å². The van der Waals surface area contributed by atoms with Crippen molar-refractivity contribution in [1.82, 2.24) is 4.98 Å². The zero-order chi connectivity index (χ0) is 11.9. The monoisotopic (exact) mass is 239 g/mol. The van der Waals surface area contributed by atoms with E-state index < -0.39 is 17.6 Å². The molecule has 82 valence electrons. The van der Waals surface area contributed by atoms with E-state index in [4.69, 9.17) is 11.5 Å². The average Bonchev–Trinajstić information content (AvgIpc) is 2.59. The molecule has 2 rings (SSSR count). The summed E-state index contributed by atoms with van der Waals surface area (Å²) in [6.07, 6.45) is 0. The van der Waals surface area contributed by atoms with Crippen LogP contribution in [0, 0.1) is 5.82 Å². The van der Waals surface area contributed by atoms with Gasteiger partial charge in [-0.05, 0) is 12.1 Å². The van der Waals surface area contributed by atoms with Gasteiger partial charge >= 0.3 is 0 Å². The van der Waals surface area contributed by atoms with Gasteiger partial charge in [0.05, 0.1) is 15.8 Å². The first-order chi connectivity index (χ1) is 7.49. The molecule has 0 aliphatic rings. The Hall–Kier alpha value is -2.02. The molecular formula is C9H6FN3O2S. The molecule has 0 bridgehead atoms. The molecule has 4 N–H and O–H groups in total. The lowest BCUT2D eigenvalue weighted by atomic mass is 10.2. The number of aromatic nitrogens is 1. The van der Waals surface area contributed by atoms with Crippen molar-refractivity contribution < 1.29 is 14.0 Å². The van der Waals surface area contributed by atoms with Crippen molar-refractivity contribution in [3.05, 3.63) is 28.5 Å². The van der Waals surface area contributed by atoms with Gasteiger partial charge in [0.1, 0.15) is 5.82 Å². The van der Waals surface area contributed by atoms with Gasteiger partial charge in [0.25, 0.3) is 11.8 Å². The number of amides is 2. The third kappa shape index (κ3) is 1.61. The third-order valence-electron chi connectivity index (χ3n) is 1.94. The summed E-state index contributed by atoms with van der Waals surface area (Å²) in [5.41, 5.74) is 10.3. The molecule has 0 fully saturated rings. The Balaban J connectivity index is 2.80. The van der Waals surface area contributed by atoms with E-state index in [0.29, 0.717) is 4.70 Å². The lowest BCUT2D eigenvalue weighted by Crippen LogP contribution is -2.13. The molecule has 0 saturated heterocycles. The minimum Gasteiger partial charge on any atom is -0.366 e. The van der Waals surface area contributed by atoms with E-state index in [-0.39, 0.29) is 16.1 Å². The van der Waals surface area contributed by atoms with Crippen LogP contribution in [0.25, 0.3) is 10.2 Å². The molecule has 1 aromatic heterocycles. The second-order valence-corrected chi connectivity index (χ2v) is 4.08. The topological polar surface area (TPSA) is 99.1 Å². The van der Waals surface area contributed by atoms with Crippen molar-refractivity contribution in [2.45, 2.75) is 0 Å². The van der Waals surface area contributed by atoms with E-state index in [0.717, 1.165) is 17.4 Å². The largest absolute Gasteiger partial charge is 0.366 e. The van der Waals surface area contributed by atoms with Gasteiger partial charge in [-0.25, -0.2) is 9.37 Å². The van der Waals surface area contributed by atoms with Gasteiger partial charge in [-0.2, -0.15) is 0 Å². The van der Waals surface area contributed by atoms with Crippen LogP contribution in [0.1, 0.15) is 20.2 Å². The molecule has 0 spiro atoms. The number of carbonyl (C=O) groups excluding carboxylic acids is 2. The minimum atomic E-state index is -0.800. The third-order valence-corrected chi connectivity index (χ3v) is 2.95. The van der Waals surface area contributed by atoms with E-state index >= 15 is 0 Å². The molecule has 0 aliphatic carbocycles. The quantitative estimate of drug-likeness (QED) is 0.804. The SMILES string of the molecule is NC(=O)c1nc2c(C(N)=O)cc(F)cc2s1. The number of thiazole rings is 1. The Morgan fingerprint density at radius 2 is 1.94 bits per heavy atom. The number of hydrogen-bond acceptors (Lipinski definition) is 4. The van der Waals surface area contributed by atoms with E-state index in [1.165, 1.54) is 6.07 Å². The number of benzene rings is 1.